The van der Waals surface area contributed by atoms with Crippen LogP contribution in [0.5, 0.6) is 0 Å². The Kier molecular flexibility index (Phi) is 12.0. The van der Waals surface area contributed by atoms with Crippen molar-refractivity contribution in [3.8, 4) is 0 Å². The number of amides is 5. The van der Waals surface area contributed by atoms with E-state index in [-0.39, 0.29) is 37.8 Å². The number of piperidine rings is 1. The number of alkyl carbamates (subject to hydrolysis) is 1. The molecule has 1 aromatic rings. The Morgan fingerprint density at radius 3 is 2.20 bits per heavy atom. The van der Waals surface area contributed by atoms with E-state index in [0.29, 0.717) is 19.3 Å². The molecule has 14 heteroatoms. The van der Waals surface area contributed by atoms with E-state index in [0.717, 1.165) is 11.1 Å². The third-order valence-corrected chi connectivity index (χ3v) is 10.1. The van der Waals surface area contributed by atoms with Crippen LogP contribution >= 0.6 is 23.2 Å². The lowest BCUT2D eigenvalue weighted by Crippen LogP contribution is -2.60. The number of likely N-dealkylation sites (tertiary alicyclic amines) is 1. The summed E-state index contributed by atoms with van der Waals surface area (Å²) >= 11 is 13.2. The van der Waals surface area contributed by atoms with Crippen molar-refractivity contribution in [3.05, 3.63) is 48.0 Å². The molecule has 5 amide bonds. The Hall–Kier alpha value is -3.64. The van der Waals surface area contributed by atoms with Gasteiger partial charge in [0.1, 0.15) is 22.0 Å². The molecule has 12 nitrogen and oxygen atoms in total. The van der Waals surface area contributed by atoms with Gasteiger partial charge in [-0.15, -0.1) is 29.8 Å². The van der Waals surface area contributed by atoms with Crippen molar-refractivity contribution in [1.82, 2.24) is 26.2 Å². The predicted molar refractivity (Wildman–Crippen MR) is 189 cm³/mol. The highest BCUT2D eigenvalue weighted by atomic mass is 35.5. The summed E-state index contributed by atoms with van der Waals surface area (Å²) in [4.78, 5) is 81.3. The number of carbonyl (C=O) groups excluding carboxylic acids is 6. The van der Waals surface area contributed by atoms with Crippen LogP contribution in [0.1, 0.15) is 71.9 Å². The van der Waals surface area contributed by atoms with Gasteiger partial charge in [-0.05, 0) is 84.3 Å². The highest BCUT2D eigenvalue weighted by molar-refractivity contribution is 6.51. The fourth-order valence-electron chi connectivity index (χ4n) is 6.78. The summed E-state index contributed by atoms with van der Waals surface area (Å²) in [6.07, 6.45) is 2.17. The molecule has 0 bridgehead atoms. The quantitative estimate of drug-likeness (QED) is 0.137. The maximum atomic E-state index is 14.4. The Balaban J connectivity index is 1.52. The molecule has 3 aliphatic rings. The largest absolute Gasteiger partial charge is 0.444 e. The van der Waals surface area contributed by atoms with Crippen LogP contribution in [0, 0.1) is 17.8 Å². The van der Waals surface area contributed by atoms with Gasteiger partial charge in [0, 0.05) is 36.9 Å². The Morgan fingerprint density at radius 1 is 1.02 bits per heavy atom. The molecule has 1 saturated heterocycles. The van der Waals surface area contributed by atoms with Gasteiger partial charge in [-0.2, -0.15) is 0 Å². The number of alkyl halides is 2. The average Bonchev–Trinajstić information content (AvgIpc) is 3.36. The number of halogens is 2. The molecule has 0 spiro atoms. The molecule has 5 atom stereocenters. The van der Waals surface area contributed by atoms with Gasteiger partial charge in [-0.1, -0.05) is 30.3 Å². The van der Waals surface area contributed by atoms with Gasteiger partial charge < -0.3 is 30.9 Å². The minimum Gasteiger partial charge on any atom is -0.444 e. The van der Waals surface area contributed by atoms with E-state index in [1.165, 1.54) is 4.90 Å². The van der Waals surface area contributed by atoms with Gasteiger partial charge >= 0.3 is 6.09 Å². The van der Waals surface area contributed by atoms with Gasteiger partial charge in [0.05, 0.1) is 6.04 Å². The molecule has 2 aliphatic carbocycles. The molecule has 2 fully saturated rings. The van der Waals surface area contributed by atoms with Crippen LogP contribution in [0.2, 0.25) is 0 Å². The molecule has 1 aliphatic heterocycles. The molecular formula is C36H49Cl2N5O7. The van der Waals surface area contributed by atoms with E-state index in [4.69, 9.17) is 27.9 Å². The fraction of sp³-hybridized carbons (Fsp3) is 0.611. The SMILES string of the molecule is C=CCCC(NC(=O)[C@@H]1[C@@H]2[C@H](CN1C(=O)[C@@H](NC(=O)OC(C)(C)C)C1Cc3ccccc3C1)C2(Cl)Cl)C(=O)C(=O)NCCC(=O)NC(C)(C)C. The number of benzene rings is 1. The molecular weight excluding hydrogens is 685 g/mol. The first-order chi connectivity index (χ1) is 23.2. The zero-order valence-electron chi connectivity index (χ0n) is 29.6. The van der Waals surface area contributed by atoms with Crippen LogP contribution in [0.3, 0.4) is 0 Å². The monoisotopic (exact) mass is 733 g/mol. The molecule has 1 saturated carbocycles. The number of hydrogen-bond acceptors (Lipinski definition) is 7. The van der Waals surface area contributed by atoms with Crippen molar-refractivity contribution in [3.63, 3.8) is 0 Å². The van der Waals surface area contributed by atoms with Gasteiger partial charge in [-0.25, -0.2) is 4.79 Å². The van der Waals surface area contributed by atoms with Crippen molar-refractivity contribution in [2.45, 2.75) is 107 Å². The number of fused-ring (bicyclic) bond motifs is 2. The number of nitrogens with one attached hydrogen (secondary N) is 4. The molecule has 274 valence electrons. The summed E-state index contributed by atoms with van der Waals surface area (Å²) < 4.78 is 4.23. The standard InChI is InChI=1S/C36H49Cl2N5O7/c1-8-9-14-24(29(45)31(47)39-16-15-25(44)42-34(2,3)4)40-30(46)28-26-23(36(26,37)38)19-43(28)32(48)27(41-33(49)50-35(5,6)7)22-17-20-12-10-11-13-21(20)18-22/h8,10-13,22-24,26-28H,1,9,14-19H2,2-7H3,(H,39,47)(H,40,46)(H,41,49)(H,42,44)/t23-,24?,26-,27-,28-/m0/s1. The number of hydrogen-bond donors (Lipinski definition) is 4. The van der Waals surface area contributed by atoms with Crippen LogP contribution in [-0.2, 0) is 41.6 Å². The van der Waals surface area contributed by atoms with E-state index in [9.17, 15) is 28.8 Å². The summed E-state index contributed by atoms with van der Waals surface area (Å²) in [5, 5.41) is 10.7. The maximum Gasteiger partial charge on any atom is 0.408 e. The molecule has 1 unspecified atom stereocenters. The number of Topliss-reactive ketones (excluding diaryl/α,β-unsaturated/α-hetero) is 1. The second-order valence-electron chi connectivity index (χ2n) is 15.4. The van der Waals surface area contributed by atoms with E-state index in [1.54, 1.807) is 26.8 Å². The molecule has 50 heavy (non-hydrogen) atoms. The van der Waals surface area contributed by atoms with Crippen LogP contribution in [-0.4, -0.2) is 87.1 Å². The topological polar surface area (TPSA) is 163 Å². The summed E-state index contributed by atoms with van der Waals surface area (Å²) in [5.41, 5.74) is 0.863. The van der Waals surface area contributed by atoms with Crippen molar-refractivity contribution in [2.24, 2.45) is 17.8 Å². The molecule has 4 N–H and O–H groups in total. The Bertz CT molecular complexity index is 1490. The molecule has 4 rings (SSSR count). The first kappa shape index (κ1) is 39.2. The van der Waals surface area contributed by atoms with Gasteiger partial charge in [0.15, 0.2) is 0 Å². The van der Waals surface area contributed by atoms with E-state index in [1.807, 2.05) is 45.0 Å². The van der Waals surface area contributed by atoms with E-state index >= 15 is 0 Å². The van der Waals surface area contributed by atoms with Crippen LogP contribution in [0.15, 0.2) is 36.9 Å². The highest BCUT2D eigenvalue weighted by Crippen LogP contribution is 2.65. The number of ether oxygens (including phenoxy) is 1. The maximum absolute atomic E-state index is 14.4. The lowest BCUT2D eigenvalue weighted by atomic mass is 9.94. The minimum absolute atomic E-state index is 0.0414. The van der Waals surface area contributed by atoms with Crippen molar-refractivity contribution in [2.75, 3.05) is 13.1 Å². The smallest absolute Gasteiger partial charge is 0.408 e. The molecule has 0 aromatic heterocycles. The Morgan fingerprint density at radius 2 is 1.64 bits per heavy atom. The molecule has 0 radical (unpaired) electrons. The Labute approximate surface area is 303 Å². The van der Waals surface area contributed by atoms with Gasteiger partial charge in [0.2, 0.25) is 23.5 Å². The number of nitrogens with zero attached hydrogens (tertiary/aromatic N) is 1. The second kappa shape index (κ2) is 15.3. The third kappa shape index (κ3) is 9.57. The summed E-state index contributed by atoms with van der Waals surface area (Å²) in [6, 6.07) is 4.35. The molecule has 1 heterocycles. The normalized spacial score (nSPS) is 21.9. The summed E-state index contributed by atoms with van der Waals surface area (Å²) in [7, 11) is 0. The third-order valence-electron chi connectivity index (χ3n) is 9.04. The van der Waals surface area contributed by atoms with Gasteiger partial charge in [-0.3, -0.25) is 24.0 Å². The van der Waals surface area contributed by atoms with Crippen LogP contribution in [0.25, 0.3) is 0 Å². The number of carbonyl (C=O) groups is 6. The lowest BCUT2D eigenvalue weighted by Gasteiger charge is -2.35. The summed E-state index contributed by atoms with van der Waals surface area (Å²) in [6.45, 7) is 14.3. The second-order valence-corrected chi connectivity index (χ2v) is 16.8. The van der Waals surface area contributed by atoms with E-state index < -0.39 is 75.0 Å². The zero-order chi connectivity index (χ0) is 37.2. The first-order valence-corrected chi connectivity index (χ1v) is 17.8. The predicted octanol–water partition coefficient (Wildman–Crippen LogP) is 3.37. The lowest BCUT2D eigenvalue weighted by molar-refractivity contribution is -0.144. The van der Waals surface area contributed by atoms with Crippen LogP contribution in [0.4, 0.5) is 4.79 Å². The summed E-state index contributed by atoms with van der Waals surface area (Å²) in [5.74, 6) is -4.72. The molecule has 1 aromatic carbocycles. The van der Waals surface area contributed by atoms with E-state index in [2.05, 4.69) is 27.8 Å². The fourth-order valence-corrected chi connectivity index (χ4v) is 7.61. The zero-order valence-corrected chi connectivity index (χ0v) is 31.1. The van der Waals surface area contributed by atoms with Crippen molar-refractivity contribution < 1.29 is 33.5 Å². The number of rotatable bonds is 13. The van der Waals surface area contributed by atoms with Crippen LogP contribution < -0.4 is 21.3 Å². The van der Waals surface area contributed by atoms with Crippen molar-refractivity contribution in [1.29, 1.82) is 0 Å². The number of allylic oxidation sites excluding steroid dienone is 1. The highest BCUT2D eigenvalue weighted by Gasteiger charge is 2.74. The van der Waals surface area contributed by atoms with Gasteiger partial charge in [0.25, 0.3) is 5.91 Å². The first-order valence-electron chi connectivity index (χ1n) is 17.0. The minimum atomic E-state index is -1.28. The van der Waals surface area contributed by atoms with Crippen molar-refractivity contribution >= 4 is 58.7 Å². The number of ketones is 1. The average molecular weight is 735 g/mol.